The van der Waals surface area contributed by atoms with Crippen LogP contribution in [0.25, 0.3) is 11.3 Å². The SMILES string of the molecule is COc1cccc(S(=O)(=O)n2cc(CN(C)C(=O)OC(C)(C)C)c(F)c2-c2cccnc2F)c1. The molecule has 0 N–H and O–H groups in total. The Hall–Kier alpha value is -3.47. The highest BCUT2D eigenvalue weighted by atomic mass is 32.2. The second-order valence-electron chi connectivity index (χ2n) is 8.47. The molecule has 0 aliphatic heterocycles. The van der Waals surface area contributed by atoms with E-state index in [9.17, 15) is 17.6 Å². The molecule has 3 rings (SSSR count). The third kappa shape index (κ3) is 5.19. The Morgan fingerprint density at radius 1 is 1.18 bits per heavy atom. The maximum Gasteiger partial charge on any atom is 0.410 e. The topological polar surface area (TPSA) is 90.7 Å². The van der Waals surface area contributed by atoms with Gasteiger partial charge in [-0.15, -0.1) is 0 Å². The Bertz CT molecular complexity index is 1320. The van der Waals surface area contributed by atoms with Gasteiger partial charge < -0.3 is 14.4 Å². The third-order valence-corrected chi connectivity index (χ3v) is 6.36. The second-order valence-corrected chi connectivity index (χ2v) is 10.3. The molecule has 182 valence electrons. The van der Waals surface area contributed by atoms with Crippen LogP contribution in [0.1, 0.15) is 26.3 Å². The number of carbonyl (C=O) groups is 1. The standard InChI is InChI=1S/C23H25F2N3O5S/c1-23(2,3)33-22(29)27(4)13-15-14-28(20(19(15)24)18-10-7-11-26-21(18)25)34(30,31)17-9-6-8-16(12-17)32-5/h6-12,14H,13H2,1-5H3. The zero-order valence-corrected chi connectivity index (χ0v) is 20.2. The first kappa shape index (κ1) is 25.2. The summed E-state index contributed by atoms with van der Waals surface area (Å²) in [5.74, 6) is -1.78. The molecule has 0 saturated carbocycles. The molecular formula is C23H25F2N3O5S. The van der Waals surface area contributed by atoms with E-state index < -0.39 is 39.2 Å². The van der Waals surface area contributed by atoms with Crippen molar-refractivity contribution >= 4 is 16.1 Å². The molecule has 0 aliphatic carbocycles. The highest BCUT2D eigenvalue weighted by Gasteiger charge is 2.30. The summed E-state index contributed by atoms with van der Waals surface area (Å²) in [6, 6.07) is 8.18. The maximum atomic E-state index is 15.6. The Morgan fingerprint density at radius 2 is 1.88 bits per heavy atom. The first-order chi connectivity index (χ1) is 15.8. The lowest BCUT2D eigenvalue weighted by atomic mass is 10.1. The number of carbonyl (C=O) groups excluding carboxylic acids is 1. The number of amides is 1. The van der Waals surface area contributed by atoms with Crippen molar-refractivity contribution in [1.82, 2.24) is 13.9 Å². The smallest absolute Gasteiger partial charge is 0.410 e. The minimum Gasteiger partial charge on any atom is -0.497 e. The monoisotopic (exact) mass is 493 g/mol. The fourth-order valence-electron chi connectivity index (χ4n) is 3.15. The van der Waals surface area contributed by atoms with Crippen molar-refractivity contribution in [3.63, 3.8) is 0 Å². The minimum atomic E-state index is -4.39. The average Bonchev–Trinajstić information content (AvgIpc) is 3.09. The van der Waals surface area contributed by atoms with Crippen LogP contribution in [0, 0.1) is 11.8 Å². The van der Waals surface area contributed by atoms with Gasteiger partial charge in [-0.3, -0.25) is 0 Å². The van der Waals surface area contributed by atoms with Crippen LogP contribution in [0.2, 0.25) is 0 Å². The normalized spacial score (nSPS) is 11.9. The molecule has 2 aromatic heterocycles. The molecule has 2 heterocycles. The van der Waals surface area contributed by atoms with Crippen LogP contribution >= 0.6 is 0 Å². The molecule has 0 atom stereocenters. The summed E-state index contributed by atoms with van der Waals surface area (Å²) < 4.78 is 68.1. The highest BCUT2D eigenvalue weighted by molar-refractivity contribution is 7.90. The van der Waals surface area contributed by atoms with Crippen LogP contribution in [0.4, 0.5) is 13.6 Å². The number of pyridine rings is 1. The van der Waals surface area contributed by atoms with Crippen molar-refractivity contribution in [2.24, 2.45) is 0 Å². The van der Waals surface area contributed by atoms with Gasteiger partial charge in [-0.2, -0.15) is 4.39 Å². The predicted molar refractivity (Wildman–Crippen MR) is 121 cm³/mol. The number of rotatable bonds is 6. The van der Waals surface area contributed by atoms with Gasteiger partial charge in [-0.1, -0.05) is 6.07 Å². The van der Waals surface area contributed by atoms with E-state index in [0.29, 0.717) is 3.97 Å². The van der Waals surface area contributed by atoms with Gasteiger partial charge in [0.25, 0.3) is 10.0 Å². The molecule has 1 amide bonds. The first-order valence-corrected chi connectivity index (χ1v) is 11.6. The molecular weight excluding hydrogens is 468 g/mol. The van der Waals surface area contributed by atoms with E-state index in [2.05, 4.69) is 4.98 Å². The summed E-state index contributed by atoms with van der Waals surface area (Å²) in [5, 5.41) is 0. The number of benzene rings is 1. The van der Waals surface area contributed by atoms with Gasteiger partial charge in [0, 0.05) is 31.1 Å². The van der Waals surface area contributed by atoms with Gasteiger partial charge >= 0.3 is 6.09 Å². The Balaban J connectivity index is 2.15. The Morgan fingerprint density at radius 3 is 2.50 bits per heavy atom. The maximum absolute atomic E-state index is 15.6. The van der Waals surface area contributed by atoms with Crippen LogP contribution in [-0.4, -0.2) is 48.1 Å². The van der Waals surface area contributed by atoms with Gasteiger partial charge in [-0.05, 0) is 45.0 Å². The lowest BCUT2D eigenvalue weighted by molar-refractivity contribution is 0.0284. The van der Waals surface area contributed by atoms with E-state index in [0.717, 1.165) is 17.3 Å². The summed E-state index contributed by atoms with van der Waals surface area (Å²) in [4.78, 5) is 16.8. The summed E-state index contributed by atoms with van der Waals surface area (Å²) in [7, 11) is -1.63. The number of nitrogens with zero attached hydrogens (tertiary/aromatic N) is 3. The molecule has 1 aromatic carbocycles. The Kier molecular flexibility index (Phi) is 6.97. The number of hydrogen-bond donors (Lipinski definition) is 0. The van der Waals surface area contributed by atoms with Crippen molar-refractivity contribution in [2.75, 3.05) is 14.2 Å². The van der Waals surface area contributed by atoms with E-state index in [1.165, 1.54) is 44.5 Å². The van der Waals surface area contributed by atoms with Gasteiger partial charge in [0.2, 0.25) is 5.95 Å². The number of halogens is 2. The number of ether oxygens (including phenoxy) is 2. The first-order valence-electron chi connectivity index (χ1n) is 10.2. The van der Waals surface area contributed by atoms with E-state index in [4.69, 9.17) is 9.47 Å². The van der Waals surface area contributed by atoms with Crippen molar-refractivity contribution in [1.29, 1.82) is 0 Å². The molecule has 0 fully saturated rings. The lowest BCUT2D eigenvalue weighted by Gasteiger charge is -2.24. The van der Waals surface area contributed by atoms with Crippen molar-refractivity contribution in [3.05, 3.63) is 66.1 Å². The molecule has 11 heteroatoms. The summed E-state index contributed by atoms with van der Waals surface area (Å²) in [6.45, 7) is 4.72. The molecule has 3 aromatic rings. The molecule has 0 spiro atoms. The molecule has 8 nitrogen and oxygen atoms in total. The van der Waals surface area contributed by atoms with Crippen LogP contribution in [0.5, 0.6) is 5.75 Å². The number of hydrogen-bond acceptors (Lipinski definition) is 6. The fourth-order valence-corrected chi connectivity index (χ4v) is 4.57. The van der Waals surface area contributed by atoms with Crippen LogP contribution in [-0.2, 0) is 21.3 Å². The van der Waals surface area contributed by atoms with Gasteiger partial charge in [0.15, 0.2) is 5.82 Å². The summed E-state index contributed by atoms with van der Waals surface area (Å²) >= 11 is 0. The highest BCUT2D eigenvalue weighted by Crippen LogP contribution is 2.33. The van der Waals surface area contributed by atoms with Gasteiger partial charge in [-0.25, -0.2) is 26.6 Å². The molecule has 0 bridgehead atoms. The summed E-state index contributed by atoms with van der Waals surface area (Å²) in [5.41, 5.74) is -1.83. The molecule has 0 radical (unpaired) electrons. The van der Waals surface area contributed by atoms with Crippen molar-refractivity contribution < 1.29 is 31.5 Å². The summed E-state index contributed by atoms with van der Waals surface area (Å²) in [6.07, 6.45) is 1.45. The van der Waals surface area contributed by atoms with E-state index in [1.54, 1.807) is 26.8 Å². The van der Waals surface area contributed by atoms with Crippen LogP contribution in [0.3, 0.4) is 0 Å². The quantitative estimate of drug-likeness (QED) is 0.472. The molecule has 34 heavy (non-hydrogen) atoms. The number of methoxy groups -OCH3 is 1. The Labute approximate surface area is 196 Å². The van der Waals surface area contributed by atoms with E-state index in [1.807, 2.05) is 0 Å². The van der Waals surface area contributed by atoms with Crippen LogP contribution in [0.15, 0.2) is 53.7 Å². The minimum absolute atomic E-state index is 0.155. The van der Waals surface area contributed by atoms with Gasteiger partial charge in [0.05, 0.1) is 24.1 Å². The molecule has 0 aliphatic rings. The average molecular weight is 494 g/mol. The van der Waals surface area contributed by atoms with E-state index in [-0.39, 0.29) is 28.3 Å². The predicted octanol–water partition coefficient (Wildman–Crippen LogP) is 4.44. The second kappa shape index (κ2) is 9.41. The number of aromatic nitrogens is 2. The van der Waals surface area contributed by atoms with Crippen molar-refractivity contribution in [3.8, 4) is 17.0 Å². The van der Waals surface area contributed by atoms with Gasteiger partial charge in [0.1, 0.15) is 17.0 Å². The lowest BCUT2D eigenvalue weighted by Crippen LogP contribution is -2.33. The molecule has 0 unspecified atom stereocenters. The largest absolute Gasteiger partial charge is 0.497 e. The fraction of sp³-hybridized carbons (Fsp3) is 0.304. The zero-order valence-electron chi connectivity index (χ0n) is 19.4. The third-order valence-electron chi connectivity index (χ3n) is 4.71. The van der Waals surface area contributed by atoms with E-state index >= 15 is 4.39 Å². The molecule has 0 saturated heterocycles. The van der Waals surface area contributed by atoms with Crippen LogP contribution < -0.4 is 4.74 Å². The van der Waals surface area contributed by atoms with Crippen molar-refractivity contribution in [2.45, 2.75) is 37.8 Å². The zero-order chi connectivity index (χ0) is 25.3.